The third-order valence-corrected chi connectivity index (χ3v) is 12.4. The first-order valence-corrected chi connectivity index (χ1v) is 19.3. The van der Waals surface area contributed by atoms with E-state index in [4.69, 9.17) is 0 Å². The van der Waals surface area contributed by atoms with Crippen LogP contribution in [0.4, 0.5) is 34.1 Å². The third kappa shape index (κ3) is 4.46. The van der Waals surface area contributed by atoms with Crippen molar-refractivity contribution in [2.75, 3.05) is 9.80 Å². The Labute approximate surface area is 319 Å². The lowest BCUT2D eigenvalue weighted by molar-refractivity contribution is 0.802. The molecule has 0 radical (unpaired) electrons. The quantitative estimate of drug-likeness (QED) is 0.170. The first-order chi connectivity index (χ1) is 26.8. The van der Waals surface area contributed by atoms with Gasteiger partial charge in [0.1, 0.15) is 0 Å². The number of hydrogen-bond donors (Lipinski definition) is 0. The largest absolute Gasteiger partial charge is 0.311 e. The highest BCUT2D eigenvalue weighted by atomic mass is 32.1. The van der Waals surface area contributed by atoms with Crippen molar-refractivity contribution in [3.63, 3.8) is 0 Å². The van der Waals surface area contributed by atoms with Crippen LogP contribution in [0.1, 0.15) is 22.3 Å². The van der Waals surface area contributed by atoms with Crippen molar-refractivity contribution in [1.82, 2.24) is 0 Å². The fourth-order valence-electron chi connectivity index (χ4n) is 9.10. The molecule has 0 fully saturated rings. The zero-order valence-corrected chi connectivity index (χ0v) is 30.2. The fourth-order valence-corrected chi connectivity index (χ4v) is 10.4. The van der Waals surface area contributed by atoms with E-state index < -0.39 is 0 Å². The second kappa shape index (κ2) is 12.2. The fraction of sp³-hybridized carbons (Fsp3) is 0.0196. The number of nitrogens with zero attached hydrogens (tertiary/aromatic N) is 2. The average molecular weight is 707 g/mol. The second-order valence-corrected chi connectivity index (χ2v) is 15.1. The summed E-state index contributed by atoms with van der Waals surface area (Å²) >= 11 is 1.93. The Bertz CT molecular complexity index is 2790. The summed E-state index contributed by atoms with van der Waals surface area (Å²) < 4.78 is 1.34. The molecule has 2 nitrogen and oxygen atoms in total. The number of hydrogen-bond acceptors (Lipinski definition) is 3. The van der Waals surface area contributed by atoms with E-state index in [2.05, 4.69) is 216 Å². The zero-order valence-electron chi connectivity index (χ0n) is 29.4. The van der Waals surface area contributed by atoms with E-state index in [0.29, 0.717) is 0 Å². The van der Waals surface area contributed by atoms with Crippen LogP contribution in [0.25, 0.3) is 31.7 Å². The van der Waals surface area contributed by atoms with Crippen LogP contribution < -0.4 is 9.80 Å². The topological polar surface area (TPSA) is 6.48 Å². The molecule has 0 amide bonds. The summed E-state index contributed by atoms with van der Waals surface area (Å²) in [4.78, 5) is 6.09. The van der Waals surface area contributed by atoms with Crippen molar-refractivity contribution in [2.24, 2.45) is 0 Å². The van der Waals surface area contributed by atoms with Gasteiger partial charge < -0.3 is 9.80 Å². The molecule has 1 heterocycles. The Morgan fingerprint density at radius 2 is 0.759 bits per heavy atom. The van der Waals surface area contributed by atoms with Gasteiger partial charge in [-0.3, -0.25) is 0 Å². The summed E-state index contributed by atoms with van der Waals surface area (Å²) in [6, 6.07) is 75.2. The van der Waals surface area contributed by atoms with E-state index in [1.165, 1.54) is 53.9 Å². The molecule has 2 aliphatic rings. The number of thiophene rings is 1. The van der Waals surface area contributed by atoms with Crippen LogP contribution >= 0.6 is 11.3 Å². The number of benzene rings is 8. The van der Waals surface area contributed by atoms with E-state index in [9.17, 15) is 0 Å². The Hall–Kier alpha value is -6.68. The molecule has 2 aliphatic carbocycles. The summed E-state index contributed by atoms with van der Waals surface area (Å²) in [6.07, 6.45) is 0. The predicted molar refractivity (Wildman–Crippen MR) is 227 cm³/mol. The molecular formula is C51H34N2S. The van der Waals surface area contributed by atoms with E-state index in [0.717, 1.165) is 34.1 Å². The van der Waals surface area contributed by atoms with E-state index >= 15 is 0 Å². The molecule has 3 heteroatoms. The average Bonchev–Trinajstić information content (AvgIpc) is 3.86. The Morgan fingerprint density at radius 3 is 1.37 bits per heavy atom. The molecule has 0 N–H and O–H groups in total. The van der Waals surface area contributed by atoms with Gasteiger partial charge in [-0.05, 0) is 123 Å². The van der Waals surface area contributed by atoms with Gasteiger partial charge in [0.2, 0.25) is 0 Å². The minimum atomic E-state index is -0.381. The predicted octanol–water partition coefficient (Wildman–Crippen LogP) is 14.2. The van der Waals surface area contributed by atoms with Crippen LogP contribution in [0.15, 0.2) is 206 Å². The van der Waals surface area contributed by atoms with E-state index in [1.807, 2.05) is 11.3 Å². The van der Waals surface area contributed by atoms with Gasteiger partial charge in [-0.15, -0.1) is 11.3 Å². The molecule has 8 aromatic carbocycles. The minimum absolute atomic E-state index is 0.381. The summed E-state index contributed by atoms with van der Waals surface area (Å²) in [5, 5.41) is 1.35. The highest BCUT2D eigenvalue weighted by Gasteiger charge is 2.53. The van der Waals surface area contributed by atoms with Gasteiger partial charge in [-0.25, -0.2) is 0 Å². The monoisotopic (exact) mass is 706 g/mol. The third-order valence-electron chi connectivity index (χ3n) is 11.2. The lowest BCUT2D eigenvalue weighted by atomic mass is 9.70. The number of fused-ring (bicyclic) bond motifs is 12. The maximum absolute atomic E-state index is 2.43. The van der Waals surface area contributed by atoms with Gasteiger partial charge in [0, 0.05) is 43.7 Å². The lowest BCUT2D eigenvalue weighted by Gasteiger charge is -2.31. The lowest BCUT2D eigenvalue weighted by Crippen LogP contribution is -2.25. The van der Waals surface area contributed by atoms with E-state index in [-0.39, 0.29) is 5.41 Å². The molecule has 1 spiro atoms. The number of rotatable bonds is 6. The van der Waals surface area contributed by atoms with Gasteiger partial charge >= 0.3 is 0 Å². The smallest absolute Gasteiger partial charge is 0.0740 e. The van der Waals surface area contributed by atoms with Gasteiger partial charge in [0.05, 0.1) is 5.41 Å². The van der Waals surface area contributed by atoms with Crippen LogP contribution in [0.3, 0.4) is 0 Å². The van der Waals surface area contributed by atoms with Crippen molar-refractivity contribution >= 4 is 55.5 Å². The number of para-hydroxylation sites is 3. The van der Waals surface area contributed by atoms with Gasteiger partial charge in [0.15, 0.2) is 0 Å². The molecule has 11 rings (SSSR count). The van der Waals surface area contributed by atoms with Gasteiger partial charge in [-0.2, -0.15) is 0 Å². The molecule has 254 valence electrons. The maximum atomic E-state index is 2.43. The summed E-state index contributed by atoms with van der Waals surface area (Å²) in [5.74, 6) is 0. The molecule has 1 unspecified atom stereocenters. The molecule has 1 aromatic heterocycles. The SMILES string of the molecule is c1ccc(N(c2ccccc2)c2ccc(N(c3ccccc3)c3ccc4c(c3)-c3ccccc3C43c4ccccc4-c4sc5ccccc5c43)cc2)cc1. The van der Waals surface area contributed by atoms with Crippen molar-refractivity contribution in [3.05, 3.63) is 229 Å². The van der Waals surface area contributed by atoms with Crippen molar-refractivity contribution in [3.8, 4) is 21.6 Å². The molecular weight excluding hydrogens is 673 g/mol. The molecule has 0 saturated carbocycles. The van der Waals surface area contributed by atoms with Crippen LogP contribution in [0.2, 0.25) is 0 Å². The Balaban J connectivity index is 1.09. The van der Waals surface area contributed by atoms with Crippen LogP contribution in [-0.2, 0) is 5.41 Å². The molecule has 0 bridgehead atoms. The molecule has 0 aliphatic heterocycles. The summed E-state index contributed by atoms with van der Waals surface area (Å²) in [6.45, 7) is 0. The van der Waals surface area contributed by atoms with Crippen LogP contribution in [0, 0.1) is 0 Å². The molecule has 9 aromatic rings. The first-order valence-electron chi connectivity index (χ1n) is 18.5. The highest BCUT2D eigenvalue weighted by Crippen LogP contribution is 2.66. The van der Waals surface area contributed by atoms with Crippen LogP contribution in [-0.4, -0.2) is 0 Å². The first kappa shape index (κ1) is 30.9. The maximum Gasteiger partial charge on any atom is 0.0740 e. The second-order valence-electron chi connectivity index (χ2n) is 14.1. The molecule has 54 heavy (non-hydrogen) atoms. The summed E-state index contributed by atoms with van der Waals surface area (Å²) in [5.41, 5.74) is 15.8. The van der Waals surface area contributed by atoms with Crippen molar-refractivity contribution < 1.29 is 0 Å². The van der Waals surface area contributed by atoms with Gasteiger partial charge in [-0.1, -0.05) is 127 Å². The van der Waals surface area contributed by atoms with Crippen molar-refractivity contribution in [2.45, 2.75) is 5.41 Å². The molecule has 0 saturated heterocycles. The van der Waals surface area contributed by atoms with E-state index in [1.54, 1.807) is 0 Å². The Morgan fingerprint density at radius 1 is 0.333 bits per heavy atom. The normalized spacial score (nSPS) is 14.7. The zero-order chi connectivity index (χ0) is 35.6. The standard InChI is InChI=1S/C51H34N2S/c1-4-16-35(17-5-1)52(36-18-6-2-7-19-36)38-28-30-39(31-29-38)53(37-20-8-3-9-21-37)40-32-33-47-44(34-40)41-22-10-13-25-45(41)51(47)46-26-14-11-23-42(46)50-49(51)43-24-12-15-27-48(43)54-50/h1-34H. The Kier molecular flexibility index (Phi) is 6.98. The minimum Gasteiger partial charge on any atom is -0.311 e. The molecule has 1 atom stereocenters. The highest BCUT2D eigenvalue weighted by molar-refractivity contribution is 7.22. The van der Waals surface area contributed by atoms with Crippen LogP contribution in [0.5, 0.6) is 0 Å². The number of anilines is 6. The summed E-state index contributed by atoms with van der Waals surface area (Å²) in [7, 11) is 0. The van der Waals surface area contributed by atoms with Crippen molar-refractivity contribution in [1.29, 1.82) is 0 Å². The van der Waals surface area contributed by atoms with Gasteiger partial charge in [0.25, 0.3) is 0 Å².